The maximum Gasteiger partial charge on any atom is 0.326 e. The van der Waals surface area contributed by atoms with Gasteiger partial charge in [0.05, 0.1) is 15.6 Å². The van der Waals surface area contributed by atoms with Crippen LogP contribution in [0.4, 0.5) is 4.79 Å². The second kappa shape index (κ2) is 11.0. The molecule has 0 saturated carbocycles. The normalized spacial score (nSPS) is 15.1. The van der Waals surface area contributed by atoms with E-state index in [1.165, 1.54) is 7.11 Å². The number of thioether (sulfide) groups is 1. The number of carbonyl (C=O) groups excluding carboxylic acids is 3. The summed E-state index contributed by atoms with van der Waals surface area (Å²) in [5.74, 6) is -0.138. The van der Waals surface area contributed by atoms with Gasteiger partial charge in [0.15, 0.2) is 11.5 Å². The van der Waals surface area contributed by atoms with Gasteiger partial charge in [-0.25, -0.2) is 0 Å². The maximum atomic E-state index is 12.8. The third-order valence-corrected chi connectivity index (χ3v) is 6.39. The van der Waals surface area contributed by atoms with Crippen molar-refractivity contribution < 1.29 is 28.6 Å². The monoisotopic (exact) mass is 615 g/mol. The van der Waals surface area contributed by atoms with Crippen LogP contribution in [0.3, 0.4) is 0 Å². The van der Waals surface area contributed by atoms with Gasteiger partial charge in [0.25, 0.3) is 11.1 Å². The third-order valence-electron chi connectivity index (χ3n) is 4.43. The fraction of sp³-hybridized carbons (Fsp3) is 0.292. The molecule has 0 aliphatic carbocycles. The van der Waals surface area contributed by atoms with Gasteiger partial charge in [-0.05, 0) is 96.6 Å². The Hall–Kier alpha value is -2.24. The van der Waals surface area contributed by atoms with Gasteiger partial charge in [0.1, 0.15) is 18.8 Å². The molecule has 0 radical (unpaired) electrons. The van der Waals surface area contributed by atoms with Crippen molar-refractivity contribution in [3.05, 3.63) is 61.0 Å². The first-order valence-corrected chi connectivity index (χ1v) is 12.5. The first-order chi connectivity index (χ1) is 16.0. The fourth-order valence-electron chi connectivity index (χ4n) is 2.99. The predicted molar refractivity (Wildman–Crippen MR) is 140 cm³/mol. The Balaban J connectivity index is 1.76. The molecule has 1 heterocycles. The van der Waals surface area contributed by atoms with Crippen molar-refractivity contribution in [2.45, 2.75) is 33.0 Å². The molecule has 180 valence electrons. The highest BCUT2D eigenvalue weighted by atomic mass is 127. The van der Waals surface area contributed by atoms with Gasteiger partial charge in [-0.3, -0.25) is 19.3 Å². The Labute approximate surface area is 220 Å². The van der Waals surface area contributed by atoms with E-state index < -0.39 is 29.3 Å². The molecule has 1 aliphatic heterocycles. The van der Waals surface area contributed by atoms with Crippen molar-refractivity contribution in [2.24, 2.45) is 0 Å². The number of amides is 2. The summed E-state index contributed by atoms with van der Waals surface area (Å²) in [6, 6.07) is 10.9. The quantitative estimate of drug-likeness (QED) is 0.218. The van der Waals surface area contributed by atoms with Crippen LogP contribution >= 0.6 is 46.0 Å². The van der Waals surface area contributed by atoms with E-state index >= 15 is 0 Å². The first-order valence-electron chi connectivity index (χ1n) is 10.2. The van der Waals surface area contributed by atoms with Crippen molar-refractivity contribution in [3.63, 3.8) is 0 Å². The summed E-state index contributed by atoms with van der Waals surface area (Å²) in [5.41, 5.74) is 0.895. The van der Waals surface area contributed by atoms with E-state index in [1.807, 2.05) is 18.2 Å². The number of ether oxygens (including phenoxy) is 3. The van der Waals surface area contributed by atoms with Gasteiger partial charge in [0, 0.05) is 5.02 Å². The average molecular weight is 616 g/mol. The highest BCUT2D eigenvalue weighted by molar-refractivity contribution is 14.1. The van der Waals surface area contributed by atoms with Crippen LogP contribution < -0.4 is 9.47 Å². The molecular formula is C24H23ClINO6S. The number of esters is 1. The van der Waals surface area contributed by atoms with Crippen LogP contribution in [-0.2, 0) is 20.9 Å². The summed E-state index contributed by atoms with van der Waals surface area (Å²) in [6.07, 6.45) is 1.59. The van der Waals surface area contributed by atoms with E-state index in [0.29, 0.717) is 28.7 Å². The van der Waals surface area contributed by atoms with Crippen molar-refractivity contribution in [2.75, 3.05) is 13.7 Å². The Morgan fingerprint density at radius 1 is 1.18 bits per heavy atom. The molecule has 0 N–H and O–H groups in total. The van der Waals surface area contributed by atoms with Crippen LogP contribution in [0.5, 0.6) is 11.5 Å². The summed E-state index contributed by atoms with van der Waals surface area (Å²) in [6.45, 7) is 5.05. The van der Waals surface area contributed by atoms with Crippen LogP contribution in [0.15, 0.2) is 41.3 Å². The summed E-state index contributed by atoms with van der Waals surface area (Å²) < 4.78 is 17.4. The second-order valence-corrected chi connectivity index (χ2v) is 10.9. The molecule has 2 amide bonds. The van der Waals surface area contributed by atoms with E-state index in [0.717, 1.165) is 25.8 Å². The molecule has 0 aromatic heterocycles. The molecule has 0 spiro atoms. The lowest BCUT2D eigenvalue weighted by Crippen LogP contribution is -2.37. The zero-order valence-corrected chi connectivity index (χ0v) is 22.7. The van der Waals surface area contributed by atoms with Gasteiger partial charge in [-0.2, -0.15) is 0 Å². The number of nitrogens with zero attached hydrogens (tertiary/aromatic N) is 1. The minimum atomic E-state index is -0.709. The van der Waals surface area contributed by atoms with E-state index in [9.17, 15) is 14.4 Å². The zero-order valence-electron chi connectivity index (χ0n) is 19.0. The molecule has 34 heavy (non-hydrogen) atoms. The number of hydrogen-bond donors (Lipinski definition) is 0. The molecule has 2 aromatic rings. The lowest BCUT2D eigenvalue weighted by atomic mass is 10.1. The first kappa shape index (κ1) is 26.4. The SMILES string of the molecule is COc1cc(C=C2SC(=O)N(CC(=O)OC(C)(C)C)C2=O)cc(I)c1OCc1ccc(Cl)cc1. The summed E-state index contributed by atoms with van der Waals surface area (Å²) >= 11 is 8.83. The van der Waals surface area contributed by atoms with Gasteiger partial charge < -0.3 is 14.2 Å². The van der Waals surface area contributed by atoms with Gasteiger partial charge in [0.2, 0.25) is 0 Å². The number of benzene rings is 2. The van der Waals surface area contributed by atoms with Crippen molar-refractivity contribution >= 4 is 69.1 Å². The molecule has 1 fully saturated rings. The Morgan fingerprint density at radius 3 is 2.47 bits per heavy atom. The Morgan fingerprint density at radius 2 is 1.85 bits per heavy atom. The number of rotatable bonds is 7. The minimum Gasteiger partial charge on any atom is -0.493 e. The molecule has 1 saturated heterocycles. The Kier molecular flexibility index (Phi) is 8.53. The molecule has 10 heteroatoms. The third kappa shape index (κ3) is 6.89. The van der Waals surface area contributed by atoms with Crippen LogP contribution in [0.2, 0.25) is 5.02 Å². The maximum absolute atomic E-state index is 12.8. The van der Waals surface area contributed by atoms with Crippen LogP contribution in [-0.4, -0.2) is 41.3 Å². The van der Waals surface area contributed by atoms with Gasteiger partial charge in [-0.15, -0.1) is 0 Å². The Bertz CT molecular complexity index is 1140. The lowest BCUT2D eigenvalue weighted by Gasteiger charge is -2.21. The molecule has 0 unspecified atom stereocenters. The highest BCUT2D eigenvalue weighted by Gasteiger charge is 2.37. The lowest BCUT2D eigenvalue weighted by molar-refractivity contribution is -0.156. The van der Waals surface area contributed by atoms with Crippen LogP contribution in [0.1, 0.15) is 31.9 Å². The minimum absolute atomic E-state index is 0.209. The predicted octanol–water partition coefficient (Wildman–Crippen LogP) is 5.91. The van der Waals surface area contributed by atoms with Gasteiger partial charge >= 0.3 is 5.97 Å². The highest BCUT2D eigenvalue weighted by Crippen LogP contribution is 2.37. The molecule has 7 nitrogen and oxygen atoms in total. The topological polar surface area (TPSA) is 82.1 Å². The molecule has 0 atom stereocenters. The van der Waals surface area contributed by atoms with E-state index in [2.05, 4.69) is 22.6 Å². The number of halogens is 2. The number of hydrogen-bond acceptors (Lipinski definition) is 7. The van der Waals surface area contributed by atoms with Crippen molar-refractivity contribution in [3.8, 4) is 11.5 Å². The molecule has 2 aromatic carbocycles. The number of methoxy groups -OCH3 is 1. The largest absolute Gasteiger partial charge is 0.493 e. The van der Waals surface area contributed by atoms with Crippen molar-refractivity contribution in [1.82, 2.24) is 4.90 Å². The second-order valence-electron chi connectivity index (χ2n) is 8.30. The van der Waals surface area contributed by atoms with Crippen LogP contribution in [0, 0.1) is 3.57 Å². The standard InChI is InChI=1S/C24H23ClINO6S/c1-24(2,3)33-20(28)12-27-22(29)19(34-23(27)30)11-15-9-17(26)21(18(10-15)31-4)32-13-14-5-7-16(25)8-6-14/h5-11H,12-13H2,1-4H3. The number of imide groups is 1. The van der Waals surface area contributed by atoms with Gasteiger partial charge in [-0.1, -0.05) is 23.7 Å². The molecular weight excluding hydrogens is 593 g/mol. The smallest absolute Gasteiger partial charge is 0.326 e. The van der Waals surface area contributed by atoms with Crippen LogP contribution in [0.25, 0.3) is 6.08 Å². The van der Waals surface area contributed by atoms with E-state index in [1.54, 1.807) is 45.0 Å². The molecule has 0 bridgehead atoms. The van der Waals surface area contributed by atoms with E-state index in [4.69, 9.17) is 25.8 Å². The summed E-state index contributed by atoms with van der Waals surface area (Å²) in [5, 5.41) is 0.127. The average Bonchev–Trinajstić information content (AvgIpc) is 2.99. The molecule has 1 aliphatic rings. The summed E-state index contributed by atoms with van der Waals surface area (Å²) in [7, 11) is 1.53. The van der Waals surface area contributed by atoms with Crippen molar-refractivity contribution in [1.29, 1.82) is 0 Å². The van der Waals surface area contributed by atoms with E-state index in [-0.39, 0.29) is 4.91 Å². The number of carbonyl (C=O) groups is 3. The summed E-state index contributed by atoms with van der Waals surface area (Å²) in [4.78, 5) is 38.3. The zero-order chi connectivity index (χ0) is 25.0. The molecule has 3 rings (SSSR count). The fourth-order valence-corrected chi connectivity index (χ4v) is 4.74.